The highest BCUT2D eigenvalue weighted by molar-refractivity contribution is 5.89. The summed E-state index contributed by atoms with van der Waals surface area (Å²) in [5, 5.41) is 0. The van der Waals surface area contributed by atoms with Crippen molar-refractivity contribution >= 4 is 11.8 Å². The average Bonchev–Trinajstić information content (AvgIpc) is 2.55. The van der Waals surface area contributed by atoms with Crippen molar-refractivity contribution in [2.45, 2.75) is 33.4 Å². The molecule has 0 aromatic heterocycles. The monoisotopic (exact) mass is 313 g/mol. The smallest absolute Gasteiger partial charge is 0.414 e. The standard InChI is InChI=1S/C19H23NO3/c1-14(2)20(19(21)22-4)17-11-7-6-10-16(17)13-23-18-12-8-5-9-15(18)3/h5-12,14H,13H2,1-4H3. The van der Waals surface area contributed by atoms with Crippen LogP contribution in [0.3, 0.4) is 0 Å². The zero-order valence-electron chi connectivity index (χ0n) is 14.1. The van der Waals surface area contributed by atoms with E-state index in [9.17, 15) is 4.79 Å². The van der Waals surface area contributed by atoms with Gasteiger partial charge in [-0.15, -0.1) is 0 Å². The molecule has 0 aliphatic heterocycles. The molecule has 0 saturated heterocycles. The predicted octanol–water partition coefficient (Wildman–Crippen LogP) is 4.56. The Labute approximate surface area is 137 Å². The van der Waals surface area contributed by atoms with E-state index >= 15 is 0 Å². The van der Waals surface area contributed by atoms with Crippen LogP contribution in [0.1, 0.15) is 25.0 Å². The molecule has 2 aromatic carbocycles. The van der Waals surface area contributed by atoms with Gasteiger partial charge >= 0.3 is 6.09 Å². The molecule has 4 heteroatoms. The first-order chi connectivity index (χ1) is 11.0. The second-order valence-corrected chi connectivity index (χ2v) is 5.62. The number of hydrogen-bond acceptors (Lipinski definition) is 3. The van der Waals surface area contributed by atoms with E-state index in [1.54, 1.807) is 4.90 Å². The second-order valence-electron chi connectivity index (χ2n) is 5.62. The maximum Gasteiger partial charge on any atom is 0.414 e. The maximum absolute atomic E-state index is 12.1. The molecule has 0 unspecified atom stereocenters. The number of benzene rings is 2. The Morgan fingerprint density at radius 2 is 1.74 bits per heavy atom. The third-order valence-corrected chi connectivity index (χ3v) is 3.62. The minimum atomic E-state index is -0.372. The van der Waals surface area contributed by atoms with E-state index in [4.69, 9.17) is 9.47 Å². The molecular formula is C19H23NO3. The SMILES string of the molecule is COC(=O)N(c1ccccc1COc1ccccc1C)C(C)C. The van der Waals surface area contributed by atoms with Gasteiger partial charge in [0.25, 0.3) is 0 Å². The predicted molar refractivity (Wildman–Crippen MR) is 92.0 cm³/mol. The van der Waals surface area contributed by atoms with Gasteiger partial charge in [-0.25, -0.2) is 4.79 Å². The van der Waals surface area contributed by atoms with Crippen molar-refractivity contribution in [3.63, 3.8) is 0 Å². The molecule has 23 heavy (non-hydrogen) atoms. The number of methoxy groups -OCH3 is 1. The Balaban J connectivity index is 2.26. The Bertz CT molecular complexity index is 667. The van der Waals surface area contributed by atoms with E-state index in [0.717, 1.165) is 22.6 Å². The Morgan fingerprint density at radius 1 is 1.09 bits per heavy atom. The number of aryl methyl sites for hydroxylation is 1. The van der Waals surface area contributed by atoms with Crippen LogP contribution in [0.25, 0.3) is 0 Å². The van der Waals surface area contributed by atoms with E-state index in [-0.39, 0.29) is 12.1 Å². The molecule has 2 aromatic rings. The molecule has 0 bridgehead atoms. The number of nitrogens with zero attached hydrogens (tertiary/aromatic N) is 1. The molecule has 0 spiro atoms. The van der Waals surface area contributed by atoms with Crippen molar-refractivity contribution in [1.82, 2.24) is 0 Å². The number of hydrogen-bond donors (Lipinski definition) is 0. The van der Waals surface area contributed by atoms with Gasteiger partial charge in [-0.3, -0.25) is 4.90 Å². The molecule has 0 heterocycles. The van der Waals surface area contributed by atoms with Crippen LogP contribution in [0.5, 0.6) is 5.75 Å². The van der Waals surface area contributed by atoms with Crippen LogP contribution in [0, 0.1) is 6.92 Å². The van der Waals surface area contributed by atoms with Crippen molar-refractivity contribution in [3.05, 3.63) is 59.7 Å². The highest BCUT2D eigenvalue weighted by atomic mass is 16.5. The van der Waals surface area contributed by atoms with Crippen molar-refractivity contribution in [2.75, 3.05) is 12.0 Å². The quantitative estimate of drug-likeness (QED) is 0.812. The summed E-state index contributed by atoms with van der Waals surface area (Å²) < 4.78 is 10.8. The molecular weight excluding hydrogens is 290 g/mol. The highest BCUT2D eigenvalue weighted by Crippen LogP contribution is 2.26. The number of carbonyl (C=O) groups is 1. The summed E-state index contributed by atoms with van der Waals surface area (Å²) in [4.78, 5) is 13.7. The lowest BCUT2D eigenvalue weighted by atomic mass is 10.1. The van der Waals surface area contributed by atoms with Crippen LogP contribution in [-0.2, 0) is 11.3 Å². The summed E-state index contributed by atoms with van der Waals surface area (Å²) in [5.41, 5.74) is 2.83. The van der Waals surface area contributed by atoms with Crippen LogP contribution in [0.15, 0.2) is 48.5 Å². The van der Waals surface area contributed by atoms with Gasteiger partial charge in [0.15, 0.2) is 0 Å². The first-order valence-electron chi connectivity index (χ1n) is 7.68. The molecule has 0 radical (unpaired) electrons. The third-order valence-electron chi connectivity index (χ3n) is 3.62. The molecule has 0 N–H and O–H groups in total. The molecule has 2 rings (SSSR count). The topological polar surface area (TPSA) is 38.8 Å². The lowest BCUT2D eigenvalue weighted by molar-refractivity contribution is 0.176. The zero-order valence-corrected chi connectivity index (χ0v) is 14.1. The summed E-state index contributed by atoms with van der Waals surface area (Å²) in [5.74, 6) is 0.844. The van der Waals surface area contributed by atoms with E-state index in [1.165, 1.54) is 7.11 Å². The Morgan fingerprint density at radius 3 is 2.39 bits per heavy atom. The van der Waals surface area contributed by atoms with Gasteiger partial charge in [0, 0.05) is 11.6 Å². The average molecular weight is 313 g/mol. The lowest BCUT2D eigenvalue weighted by Gasteiger charge is -2.27. The first kappa shape index (κ1) is 16.9. The van der Waals surface area contributed by atoms with Crippen LogP contribution >= 0.6 is 0 Å². The summed E-state index contributed by atoms with van der Waals surface area (Å²) >= 11 is 0. The van der Waals surface area contributed by atoms with Gasteiger partial charge in [-0.1, -0.05) is 36.4 Å². The second kappa shape index (κ2) is 7.68. The number of anilines is 1. The normalized spacial score (nSPS) is 10.5. The van der Waals surface area contributed by atoms with Crippen LogP contribution in [0.4, 0.5) is 10.5 Å². The van der Waals surface area contributed by atoms with Gasteiger partial charge < -0.3 is 9.47 Å². The number of carbonyl (C=O) groups excluding carboxylic acids is 1. The lowest BCUT2D eigenvalue weighted by Crippen LogP contribution is -2.37. The maximum atomic E-state index is 12.1. The molecule has 0 saturated carbocycles. The largest absolute Gasteiger partial charge is 0.489 e. The first-order valence-corrected chi connectivity index (χ1v) is 7.68. The fraction of sp³-hybridized carbons (Fsp3) is 0.316. The molecule has 0 fully saturated rings. The minimum Gasteiger partial charge on any atom is -0.489 e. The van der Waals surface area contributed by atoms with Gasteiger partial charge in [0.2, 0.25) is 0 Å². The van der Waals surface area contributed by atoms with Crippen LogP contribution in [0.2, 0.25) is 0 Å². The van der Waals surface area contributed by atoms with Crippen molar-refractivity contribution in [3.8, 4) is 5.75 Å². The van der Waals surface area contributed by atoms with Crippen LogP contribution < -0.4 is 9.64 Å². The number of rotatable bonds is 5. The molecule has 1 amide bonds. The van der Waals surface area contributed by atoms with E-state index in [1.807, 2.05) is 69.3 Å². The molecule has 4 nitrogen and oxygen atoms in total. The van der Waals surface area contributed by atoms with Gasteiger partial charge in [-0.05, 0) is 38.5 Å². The van der Waals surface area contributed by atoms with Gasteiger partial charge in [-0.2, -0.15) is 0 Å². The number of para-hydroxylation sites is 2. The van der Waals surface area contributed by atoms with Gasteiger partial charge in [0.05, 0.1) is 12.8 Å². The summed E-state index contributed by atoms with van der Waals surface area (Å²) in [6.45, 7) is 6.31. The van der Waals surface area contributed by atoms with Crippen molar-refractivity contribution in [1.29, 1.82) is 0 Å². The van der Waals surface area contributed by atoms with E-state index < -0.39 is 0 Å². The Kier molecular flexibility index (Phi) is 5.63. The summed E-state index contributed by atoms with van der Waals surface area (Å²) in [6.07, 6.45) is -0.372. The molecule has 0 atom stereocenters. The highest BCUT2D eigenvalue weighted by Gasteiger charge is 2.22. The van der Waals surface area contributed by atoms with Crippen molar-refractivity contribution in [2.24, 2.45) is 0 Å². The van der Waals surface area contributed by atoms with E-state index in [0.29, 0.717) is 6.61 Å². The summed E-state index contributed by atoms with van der Waals surface area (Å²) in [6, 6.07) is 15.6. The number of amides is 1. The summed E-state index contributed by atoms with van der Waals surface area (Å²) in [7, 11) is 1.39. The zero-order chi connectivity index (χ0) is 16.8. The minimum absolute atomic E-state index is 0.0120. The molecule has 0 aliphatic carbocycles. The van der Waals surface area contributed by atoms with Gasteiger partial charge in [0.1, 0.15) is 12.4 Å². The molecule has 122 valence electrons. The third kappa shape index (κ3) is 4.03. The van der Waals surface area contributed by atoms with E-state index in [2.05, 4.69) is 0 Å². The Hall–Kier alpha value is -2.49. The molecule has 0 aliphatic rings. The fourth-order valence-corrected chi connectivity index (χ4v) is 2.43. The van der Waals surface area contributed by atoms with Crippen molar-refractivity contribution < 1.29 is 14.3 Å². The number of ether oxygens (including phenoxy) is 2. The van der Waals surface area contributed by atoms with Crippen LogP contribution in [-0.4, -0.2) is 19.2 Å². The fourth-order valence-electron chi connectivity index (χ4n) is 2.43.